The van der Waals surface area contributed by atoms with E-state index in [-0.39, 0.29) is 22.8 Å². The summed E-state index contributed by atoms with van der Waals surface area (Å²) >= 11 is 0. The number of carbonyl (C=O) groups is 1. The summed E-state index contributed by atoms with van der Waals surface area (Å²) in [5.74, 6) is 1.18. The van der Waals surface area contributed by atoms with Gasteiger partial charge in [0.2, 0.25) is 5.91 Å². The zero-order chi connectivity index (χ0) is 22.0. The molecule has 172 valence electrons. The van der Waals surface area contributed by atoms with Gasteiger partial charge in [0.05, 0.1) is 11.7 Å². The Morgan fingerprint density at radius 1 is 1.03 bits per heavy atom. The highest BCUT2D eigenvalue weighted by molar-refractivity contribution is 5.73. The molecule has 0 unspecified atom stereocenters. The van der Waals surface area contributed by atoms with Gasteiger partial charge in [0.25, 0.3) is 0 Å². The van der Waals surface area contributed by atoms with E-state index in [4.69, 9.17) is 0 Å². The van der Waals surface area contributed by atoms with Crippen LogP contribution >= 0.6 is 0 Å². The number of hydrogen-bond acceptors (Lipinski definition) is 4. The Hall–Kier alpha value is -1.17. The molecule has 0 radical (unpaired) electrons. The molecule has 31 heavy (non-hydrogen) atoms. The number of aliphatic hydroxyl groups excluding tert-OH is 1. The fraction of sp³-hybridized carbons (Fsp3) is 0.808. The third kappa shape index (κ3) is 3.26. The first-order valence-corrected chi connectivity index (χ1v) is 12.5. The van der Waals surface area contributed by atoms with Crippen LogP contribution in [-0.2, 0) is 4.79 Å². The first kappa shape index (κ1) is 21.7. The quantitative estimate of drug-likeness (QED) is 0.709. The van der Waals surface area contributed by atoms with Crippen molar-refractivity contribution >= 4 is 5.91 Å². The molecule has 0 spiro atoms. The molecule has 6 atom stereocenters. The maximum atomic E-state index is 12.0. The van der Waals surface area contributed by atoms with Crippen LogP contribution in [0.5, 0.6) is 0 Å². The summed E-state index contributed by atoms with van der Waals surface area (Å²) in [6.45, 7) is 10.4. The summed E-state index contributed by atoms with van der Waals surface area (Å²) in [5, 5.41) is 22.2. The summed E-state index contributed by atoms with van der Waals surface area (Å²) < 4.78 is 0. The van der Waals surface area contributed by atoms with Gasteiger partial charge in [0.15, 0.2) is 0 Å². The standard InChI is InChI=1S/C26H40N2O3/c1-18(29)28-14-12-27(13-15-28)17-26(31)11-8-23-21-5-4-19-16-20(30)6-9-24(19,2)22(21)7-10-25(23,26)3/h4-5,20,22-23,30-31H,6-17H2,1-3H3/t20-,22-,23-,24-,25-,26+/m0/s1. The van der Waals surface area contributed by atoms with Gasteiger partial charge in [-0.05, 0) is 62.2 Å². The topological polar surface area (TPSA) is 64.0 Å². The van der Waals surface area contributed by atoms with Gasteiger partial charge >= 0.3 is 0 Å². The predicted octanol–water partition coefficient (Wildman–Crippen LogP) is 3.13. The molecule has 3 saturated carbocycles. The van der Waals surface area contributed by atoms with Crippen LogP contribution in [0.3, 0.4) is 0 Å². The van der Waals surface area contributed by atoms with E-state index >= 15 is 0 Å². The van der Waals surface area contributed by atoms with E-state index in [9.17, 15) is 15.0 Å². The number of allylic oxidation sites excluding steroid dienone is 3. The molecular weight excluding hydrogens is 388 g/mol. The third-order valence-corrected chi connectivity index (χ3v) is 10.2. The maximum Gasteiger partial charge on any atom is 0.219 e. The average Bonchev–Trinajstić information content (AvgIpc) is 2.99. The van der Waals surface area contributed by atoms with Crippen LogP contribution in [0.25, 0.3) is 0 Å². The largest absolute Gasteiger partial charge is 0.393 e. The summed E-state index contributed by atoms with van der Waals surface area (Å²) in [7, 11) is 0. The van der Waals surface area contributed by atoms with E-state index in [1.165, 1.54) is 5.57 Å². The molecule has 0 aromatic rings. The van der Waals surface area contributed by atoms with Gasteiger partial charge in [-0.15, -0.1) is 0 Å². The Balaban J connectivity index is 1.36. The zero-order valence-electron chi connectivity index (χ0n) is 19.6. The van der Waals surface area contributed by atoms with Gasteiger partial charge < -0.3 is 15.1 Å². The molecule has 1 saturated heterocycles. The van der Waals surface area contributed by atoms with Crippen molar-refractivity contribution in [3.05, 3.63) is 23.3 Å². The molecule has 2 N–H and O–H groups in total. The lowest BCUT2D eigenvalue weighted by Crippen LogP contribution is -2.58. The highest BCUT2D eigenvalue weighted by Crippen LogP contribution is 2.65. The monoisotopic (exact) mass is 428 g/mol. The molecule has 1 aliphatic heterocycles. The Morgan fingerprint density at radius 3 is 2.45 bits per heavy atom. The Morgan fingerprint density at radius 2 is 1.74 bits per heavy atom. The zero-order valence-corrected chi connectivity index (χ0v) is 19.6. The Bertz CT molecular complexity index is 813. The molecule has 0 aromatic carbocycles. The second-order valence-electron chi connectivity index (χ2n) is 11.6. The first-order valence-electron chi connectivity index (χ1n) is 12.5. The van der Waals surface area contributed by atoms with Gasteiger partial charge in [-0.25, -0.2) is 0 Å². The van der Waals surface area contributed by atoms with Crippen LogP contribution in [0.2, 0.25) is 0 Å². The smallest absolute Gasteiger partial charge is 0.219 e. The Labute approximate surface area is 187 Å². The summed E-state index contributed by atoms with van der Waals surface area (Å²) in [6.07, 6.45) is 11.5. The number of β-amino-alcohol motifs (C(OH)–C–C–N with tert-alkyl or cyclic N) is 1. The molecular formula is C26H40N2O3. The van der Waals surface area contributed by atoms with Crippen molar-refractivity contribution in [3.63, 3.8) is 0 Å². The van der Waals surface area contributed by atoms with E-state index in [1.54, 1.807) is 12.5 Å². The number of rotatable bonds is 2. The van der Waals surface area contributed by atoms with Crippen LogP contribution in [0.1, 0.15) is 65.7 Å². The molecule has 5 nitrogen and oxygen atoms in total. The summed E-state index contributed by atoms with van der Waals surface area (Å²) in [6, 6.07) is 0. The molecule has 5 aliphatic rings. The van der Waals surface area contributed by atoms with Gasteiger partial charge in [-0.3, -0.25) is 9.69 Å². The predicted molar refractivity (Wildman–Crippen MR) is 121 cm³/mol. The lowest BCUT2D eigenvalue weighted by molar-refractivity contribution is -0.132. The number of carbonyl (C=O) groups excluding carboxylic acids is 1. The van der Waals surface area contributed by atoms with Gasteiger partial charge in [-0.1, -0.05) is 37.1 Å². The van der Waals surface area contributed by atoms with Crippen molar-refractivity contribution in [2.45, 2.75) is 77.4 Å². The minimum atomic E-state index is -0.657. The fourth-order valence-corrected chi connectivity index (χ4v) is 7.95. The second kappa shape index (κ2) is 7.43. The lowest BCUT2D eigenvalue weighted by Gasteiger charge is -2.56. The van der Waals surface area contributed by atoms with Crippen molar-refractivity contribution in [2.75, 3.05) is 32.7 Å². The molecule has 4 fully saturated rings. The third-order valence-electron chi connectivity index (χ3n) is 10.2. The van der Waals surface area contributed by atoms with Crippen LogP contribution in [0.15, 0.2) is 23.3 Å². The van der Waals surface area contributed by atoms with Crippen molar-refractivity contribution < 1.29 is 15.0 Å². The number of amides is 1. The minimum absolute atomic E-state index is 0.0804. The van der Waals surface area contributed by atoms with Crippen molar-refractivity contribution in [2.24, 2.45) is 22.7 Å². The van der Waals surface area contributed by atoms with E-state index in [0.717, 1.165) is 77.7 Å². The lowest BCUT2D eigenvalue weighted by atomic mass is 9.50. The molecule has 1 heterocycles. The average molecular weight is 429 g/mol. The number of hydrogen-bond donors (Lipinski definition) is 2. The Kier molecular flexibility index (Phi) is 5.19. The van der Waals surface area contributed by atoms with Crippen molar-refractivity contribution in [3.8, 4) is 0 Å². The fourth-order valence-electron chi connectivity index (χ4n) is 7.95. The minimum Gasteiger partial charge on any atom is -0.393 e. The van der Waals surface area contributed by atoms with E-state index in [2.05, 4.69) is 30.9 Å². The van der Waals surface area contributed by atoms with Gasteiger partial charge in [0.1, 0.15) is 0 Å². The van der Waals surface area contributed by atoms with Crippen LogP contribution in [-0.4, -0.2) is 70.3 Å². The van der Waals surface area contributed by atoms with Gasteiger partial charge in [0, 0.05) is 45.1 Å². The highest BCUT2D eigenvalue weighted by atomic mass is 16.3. The summed E-state index contributed by atoms with van der Waals surface area (Å²) in [5.41, 5.74) is 2.47. The highest BCUT2D eigenvalue weighted by Gasteiger charge is 2.62. The molecule has 5 heteroatoms. The number of aliphatic hydroxyl groups is 2. The molecule has 0 bridgehead atoms. The SMILES string of the molecule is CC(=O)N1CCN(C[C@]2(O)CC[C@H]3C4=CC=C5C[C@@H](O)CC[C@]5(C)[C@H]4CC[C@@]32C)CC1. The van der Waals surface area contributed by atoms with Crippen LogP contribution in [0.4, 0.5) is 0 Å². The van der Waals surface area contributed by atoms with E-state index in [1.807, 2.05) is 4.90 Å². The number of piperazine rings is 1. The van der Waals surface area contributed by atoms with Gasteiger partial charge in [-0.2, -0.15) is 0 Å². The van der Waals surface area contributed by atoms with Crippen LogP contribution < -0.4 is 0 Å². The number of nitrogens with zero attached hydrogens (tertiary/aromatic N) is 2. The molecule has 5 rings (SSSR count). The van der Waals surface area contributed by atoms with Crippen molar-refractivity contribution in [1.29, 1.82) is 0 Å². The summed E-state index contributed by atoms with van der Waals surface area (Å²) in [4.78, 5) is 16.0. The molecule has 4 aliphatic carbocycles. The molecule has 1 amide bonds. The normalized spacial score (nSPS) is 45.3. The van der Waals surface area contributed by atoms with E-state index in [0.29, 0.717) is 11.8 Å². The van der Waals surface area contributed by atoms with E-state index < -0.39 is 5.60 Å². The number of fused-ring (bicyclic) bond motifs is 5. The first-order chi connectivity index (χ1) is 14.7. The second-order valence-corrected chi connectivity index (χ2v) is 11.6. The maximum absolute atomic E-state index is 12.0. The van der Waals surface area contributed by atoms with Crippen LogP contribution in [0, 0.1) is 22.7 Å². The molecule has 0 aromatic heterocycles. The van der Waals surface area contributed by atoms with Crippen molar-refractivity contribution in [1.82, 2.24) is 9.80 Å².